The van der Waals surface area contributed by atoms with Gasteiger partial charge in [0, 0.05) is 30.7 Å². The van der Waals surface area contributed by atoms with E-state index in [9.17, 15) is 4.79 Å². The number of amides is 1. The van der Waals surface area contributed by atoms with Gasteiger partial charge in [0.1, 0.15) is 0 Å². The lowest BCUT2D eigenvalue weighted by molar-refractivity contribution is 0.0790. The number of nitrogens with zero attached hydrogens (tertiary/aromatic N) is 1. The minimum Gasteiger partial charge on any atom is -0.361 e. The maximum absolute atomic E-state index is 12.2. The van der Waals surface area contributed by atoms with Gasteiger partial charge in [-0.2, -0.15) is 0 Å². The molecular formula is C15H14N2OS. The van der Waals surface area contributed by atoms with Crippen LogP contribution in [0.3, 0.4) is 0 Å². The zero-order chi connectivity index (χ0) is 13.2. The number of hydrogen-bond donors (Lipinski definition) is 1. The highest BCUT2D eigenvalue weighted by Gasteiger charge is 2.14. The number of fused-ring (bicyclic) bond motifs is 1. The average Bonchev–Trinajstić information content (AvgIpc) is 3.08. The first-order valence-corrected chi connectivity index (χ1v) is 6.97. The van der Waals surface area contributed by atoms with Crippen molar-refractivity contribution in [3.8, 4) is 0 Å². The van der Waals surface area contributed by atoms with Gasteiger partial charge in [0.15, 0.2) is 0 Å². The highest BCUT2D eigenvalue weighted by atomic mass is 32.1. The van der Waals surface area contributed by atoms with Gasteiger partial charge in [-0.15, -0.1) is 11.3 Å². The maximum Gasteiger partial charge on any atom is 0.263 e. The van der Waals surface area contributed by atoms with Crippen molar-refractivity contribution < 1.29 is 4.79 Å². The highest BCUT2D eigenvalue weighted by Crippen LogP contribution is 2.20. The Balaban J connectivity index is 1.83. The van der Waals surface area contributed by atoms with Crippen LogP contribution in [0.5, 0.6) is 0 Å². The average molecular weight is 270 g/mol. The molecule has 1 aromatic carbocycles. The van der Waals surface area contributed by atoms with Gasteiger partial charge in [0.25, 0.3) is 5.91 Å². The van der Waals surface area contributed by atoms with E-state index >= 15 is 0 Å². The second-order valence-corrected chi connectivity index (χ2v) is 5.45. The Kier molecular flexibility index (Phi) is 3.09. The van der Waals surface area contributed by atoms with E-state index < -0.39 is 0 Å². The number of carbonyl (C=O) groups excluding carboxylic acids is 1. The van der Waals surface area contributed by atoms with Gasteiger partial charge >= 0.3 is 0 Å². The molecule has 0 aliphatic rings. The van der Waals surface area contributed by atoms with Crippen LogP contribution in [0.15, 0.2) is 48.0 Å². The predicted molar refractivity (Wildman–Crippen MR) is 78.4 cm³/mol. The Morgan fingerprint density at radius 1 is 1.26 bits per heavy atom. The zero-order valence-corrected chi connectivity index (χ0v) is 11.4. The predicted octanol–water partition coefficient (Wildman–Crippen LogP) is 3.50. The monoisotopic (exact) mass is 270 g/mol. The Morgan fingerprint density at radius 3 is 2.89 bits per heavy atom. The summed E-state index contributed by atoms with van der Waals surface area (Å²) in [6, 6.07) is 11.9. The quantitative estimate of drug-likeness (QED) is 0.777. The molecule has 0 unspecified atom stereocenters. The van der Waals surface area contributed by atoms with Crippen LogP contribution in [0.4, 0.5) is 0 Å². The summed E-state index contributed by atoms with van der Waals surface area (Å²) in [5.41, 5.74) is 2.25. The first-order chi connectivity index (χ1) is 9.25. The van der Waals surface area contributed by atoms with Crippen LogP contribution in [-0.2, 0) is 6.54 Å². The lowest BCUT2D eigenvalue weighted by Gasteiger charge is -2.15. The molecule has 1 amide bonds. The number of H-pyrrole nitrogens is 1. The van der Waals surface area contributed by atoms with Gasteiger partial charge in [0.2, 0.25) is 0 Å². The molecular weight excluding hydrogens is 256 g/mol. The van der Waals surface area contributed by atoms with E-state index in [1.165, 1.54) is 16.7 Å². The number of hydrogen-bond acceptors (Lipinski definition) is 2. The number of benzene rings is 1. The lowest BCUT2D eigenvalue weighted by Crippen LogP contribution is -2.25. The van der Waals surface area contributed by atoms with Crippen LogP contribution in [0.25, 0.3) is 10.9 Å². The molecule has 19 heavy (non-hydrogen) atoms. The summed E-state index contributed by atoms with van der Waals surface area (Å²) >= 11 is 1.48. The Bertz CT molecular complexity index is 700. The molecule has 3 aromatic rings. The normalized spacial score (nSPS) is 10.8. The van der Waals surface area contributed by atoms with Crippen LogP contribution in [-0.4, -0.2) is 22.8 Å². The summed E-state index contributed by atoms with van der Waals surface area (Å²) in [5, 5.41) is 3.10. The summed E-state index contributed by atoms with van der Waals surface area (Å²) in [6.45, 7) is 0.612. The van der Waals surface area contributed by atoms with E-state index in [1.807, 2.05) is 49.0 Å². The Morgan fingerprint density at radius 2 is 2.11 bits per heavy atom. The van der Waals surface area contributed by atoms with Gasteiger partial charge in [-0.3, -0.25) is 4.79 Å². The maximum atomic E-state index is 12.2. The highest BCUT2D eigenvalue weighted by molar-refractivity contribution is 7.12. The number of thiophene rings is 1. The fraction of sp³-hybridized carbons (Fsp3) is 0.133. The second-order valence-electron chi connectivity index (χ2n) is 4.50. The molecule has 0 aliphatic heterocycles. The van der Waals surface area contributed by atoms with E-state index in [1.54, 1.807) is 4.90 Å². The minimum absolute atomic E-state index is 0.0697. The van der Waals surface area contributed by atoms with Gasteiger partial charge in [-0.1, -0.05) is 24.3 Å². The van der Waals surface area contributed by atoms with Crippen molar-refractivity contribution in [1.82, 2.24) is 9.88 Å². The lowest BCUT2D eigenvalue weighted by atomic mass is 10.1. The van der Waals surface area contributed by atoms with Crippen molar-refractivity contribution in [2.75, 3.05) is 7.05 Å². The topological polar surface area (TPSA) is 36.1 Å². The smallest absolute Gasteiger partial charge is 0.263 e. The van der Waals surface area contributed by atoms with Crippen molar-refractivity contribution in [1.29, 1.82) is 0 Å². The molecule has 0 saturated heterocycles. The minimum atomic E-state index is 0.0697. The number of aromatic nitrogens is 1. The summed E-state index contributed by atoms with van der Waals surface area (Å²) in [5.74, 6) is 0.0697. The van der Waals surface area contributed by atoms with Gasteiger partial charge in [-0.05, 0) is 23.1 Å². The number of rotatable bonds is 3. The molecule has 3 rings (SSSR count). The standard InChI is InChI=1S/C15H14N2OS/c1-17(15(18)14-7-4-8-19-14)10-11-9-16-13-6-3-2-5-12(11)13/h2-9,16H,10H2,1H3. The van der Waals surface area contributed by atoms with Crippen LogP contribution >= 0.6 is 11.3 Å². The molecule has 0 saturated carbocycles. The number of para-hydroxylation sites is 1. The largest absolute Gasteiger partial charge is 0.361 e. The van der Waals surface area contributed by atoms with Crippen LogP contribution < -0.4 is 0 Å². The molecule has 1 N–H and O–H groups in total. The molecule has 0 bridgehead atoms. The molecule has 0 fully saturated rings. The van der Waals surface area contributed by atoms with Gasteiger partial charge in [-0.25, -0.2) is 0 Å². The van der Waals surface area contributed by atoms with E-state index in [0.717, 1.165) is 16.0 Å². The molecule has 0 spiro atoms. The number of carbonyl (C=O) groups is 1. The third-order valence-electron chi connectivity index (χ3n) is 3.16. The van der Waals surface area contributed by atoms with E-state index in [-0.39, 0.29) is 5.91 Å². The fourth-order valence-electron chi connectivity index (χ4n) is 2.18. The summed E-state index contributed by atoms with van der Waals surface area (Å²) in [7, 11) is 1.84. The number of nitrogens with one attached hydrogen (secondary N) is 1. The molecule has 0 radical (unpaired) electrons. The molecule has 3 nitrogen and oxygen atoms in total. The first-order valence-electron chi connectivity index (χ1n) is 6.09. The van der Waals surface area contributed by atoms with Crippen LogP contribution in [0, 0.1) is 0 Å². The molecule has 2 aromatic heterocycles. The molecule has 0 atom stereocenters. The second kappa shape index (κ2) is 4.90. The Hall–Kier alpha value is -2.07. The third-order valence-corrected chi connectivity index (χ3v) is 4.02. The summed E-state index contributed by atoms with van der Waals surface area (Å²) in [6.07, 6.45) is 1.98. The van der Waals surface area contributed by atoms with Crippen molar-refractivity contribution in [3.63, 3.8) is 0 Å². The fourth-order valence-corrected chi connectivity index (χ4v) is 2.90. The molecule has 2 heterocycles. The molecule has 96 valence electrons. The van der Waals surface area contributed by atoms with Crippen molar-refractivity contribution in [3.05, 3.63) is 58.4 Å². The van der Waals surface area contributed by atoms with Crippen molar-refractivity contribution in [2.45, 2.75) is 6.54 Å². The van der Waals surface area contributed by atoms with Gasteiger partial charge in [0.05, 0.1) is 4.88 Å². The third kappa shape index (κ3) is 2.27. The van der Waals surface area contributed by atoms with Crippen LogP contribution in [0.1, 0.15) is 15.2 Å². The van der Waals surface area contributed by atoms with E-state index in [2.05, 4.69) is 11.1 Å². The summed E-state index contributed by atoms with van der Waals surface area (Å²) < 4.78 is 0. The SMILES string of the molecule is CN(Cc1c[nH]c2ccccc12)C(=O)c1cccs1. The molecule has 0 aliphatic carbocycles. The van der Waals surface area contributed by atoms with Crippen molar-refractivity contribution in [2.24, 2.45) is 0 Å². The summed E-state index contributed by atoms with van der Waals surface area (Å²) in [4.78, 5) is 18.0. The van der Waals surface area contributed by atoms with E-state index in [4.69, 9.17) is 0 Å². The van der Waals surface area contributed by atoms with E-state index in [0.29, 0.717) is 6.54 Å². The Labute approximate surface area is 115 Å². The first kappa shape index (κ1) is 12.0. The number of aromatic amines is 1. The van der Waals surface area contributed by atoms with Crippen LogP contribution in [0.2, 0.25) is 0 Å². The molecule has 4 heteroatoms. The zero-order valence-electron chi connectivity index (χ0n) is 10.6. The van der Waals surface area contributed by atoms with Crippen molar-refractivity contribution >= 4 is 28.1 Å². The van der Waals surface area contributed by atoms with Gasteiger partial charge < -0.3 is 9.88 Å².